The van der Waals surface area contributed by atoms with Gasteiger partial charge in [-0.2, -0.15) is 0 Å². The van der Waals surface area contributed by atoms with Crippen molar-refractivity contribution < 1.29 is 9.53 Å². The number of carbonyl (C=O) groups excluding carboxylic acids is 1. The van der Waals surface area contributed by atoms with Crippen molar-refractivity contribution in [2.75, 3.05) is 31.7 Å². The fourth-order valence-corrected chi connectivity index (χ4v) is 1.77. The standard InChI is InChI=1S/C11H17N3O2/c1-14(10-2-3-12-7-10)11(15)6-9-8-16-5-4-13-9/h2-3,7,9,12-13H,4-6,8H2,1H3. The van der Waals surface area contributed by atoms with Crippen molar-refractivity contribution in [3.63, 3.8) is 0 Å². The summed E-state index contributed by atoms with van der Waals surface area (Å²) in [5.41, 5.74) is 0.890. The lowest BCUT2D eigenvalue weighted by Gasteiger charge is -2.25. The first-order valence-corrected chi connectivity index (χ1v) is 5.48. The largest absolute Gasteiger partial charge is 0.378 e. The third kappa shape index (κ3) is 2.62. The topological polar surface area (TPSA) is 57.4 Å². The molecule has 0 aromatic carbocycles. The quantitative estimate of drug-likeness (QED) is 0.777. The van der Waals surface area contributed by atoms with Crippen LogP contribution in [0.1, 0.15) is 6.42 Å². The zero-order valence-electron chi connectivity index (χ0n) is 9.40. The van der Waals surface area contributed by atoms with E-state index in [1.54, 1.807) is 18.1 Å². The molecule has 88 valence electrons. The first kappa shape index (κ1) is 11.2. The molecule has 2 rings (SSSR count). The maximum Gasteiger partial charge on any atom is 0.228 e. The highest BCUT2D eigenvalue weighted by Gasteiger charge is 2.19. The minimum Gasteiger partial charge on any atom is -0.378 e. The summed E-state index contributed by atoms with van der Waals surface area (Å²) in [6.07, 6.45) is 4.09. The van der Waals surface area contributed by atoms with Crippen molar-refractivity contribution >= 4 is 11.6 Å². The number of ether oxygens (including phenoxy) is 1. The average Bonchev–Trinajstić information content (AvgIpc) is 2.83. The Bertz CT molecular complexity index is 331. The van der Waals surface area contributed by atoms with Crippen LogP contribution in [0.15, 0.2) is 18.5 Å². The van der Waals surface area contributed by atoms with Crippen LogP contribution in [-0.2, 0) is 9.53 Å². The van der Waals surface area contributed by atoms with Crippen LogP contribution in [0, 0.1) is 0 Å². The summed E-state index contributed by atoms with van der Waals surface area (Å²) in [5.74, 6) is 0.0996. The van der Waals surface area contributed by atoms with E-state index in [1.165, 1.54) is 0 Å². The Morgan fingerprint density at radius 3 is 3.19 bits per heavy atom. The number of morpholine rings is 1. The first-order chi connectivity index (χ1) is 7.77. The van der Waals surface area contributed by atoms with Gasteiger partial charge in [-0.15, -0.1) is 0 Å². The van der Waals surface area contributed by atoms with Gasteiger partial charge in [0, 0.05) is 38.4 Å². The van der Waals surface area contributed by atoms with Gasteiger partial charge in [-0.05, 0) is 6.07 Å². The third-order valence-corrected chi connectivity index (χ3v) is 2.76. The number of aromatic amines is 1. The van der Waals surface area contributed by atoms with Crippen LogP contribution in [0.25, 0.3) is 0 Å². The van der Waals surface area contributed by atoms with E-state index in [2.05, 4.69) is 10.3 Å². The number of amides is 1. The Morgan fingerprint density at radius 2 is 2.56 bits per heavy atom. The third-order valence-electron chi connectivity index (χ3n) is 2.76. The molecular formula is C11H17N3O2. The molecule has 1 aliphatic heterocycles. The second-order valence-electron chi connectivity index (χ2n) is 3.95. The van der Waals surface area contributed by atoms with Crippen molar-refractivity contribution in [2.45, 2.75) is 12.5 Å². The van der Waals surface area contributed by atoms with Crippen LogP contribution in [0.2, 0.25) is 0 Å². The highest BCUT2D eigenvalue weighted by Crippen LogP contribution is 2.12. The van der Waals surface area contributed by atoms with Gasteiger partial charge < -0.3 is 19.9 Å². The lowest BCUT2D eigenvalue weighted by molar-refractivity contribution is -0.119. The SMILES string of the molecule is CN(C(=O)CC1COCCN1)c1cc[nH]c1. The zero-order valence-corrected chi connectivity index (χ0v) is 9.40. The van der Waals surface area contributed by atoms with Crippen LogP contribution in [0.3, 0.4) is 0 Å². The van der Waals surface area contributed by atoms with E-state index in [9.17, 15) is 4.79 Å². The Morgan fingerprint density at radius 1 is 1.69 bits per heavy atom. The highest BCUT2D eigenvalue weighted by molar-refractivity contribution is 5.93. The van der Waals surface area contributed by atoms with Crippen LogP contribution in [0.4, 0.5) is 5.69 Å². The summed E-state index contributed by atoms with van der Waals surface area (Å²) in [6.45, 7) is 2.18. The molecule has 0 radical (unpaired) electrons. The first-order valence-electron chi connectivity index (χ1n) is 5.48. The number of nitrogens with one attached hydrogen (secondary N) is 2. The molecule has 0 spiro atoms. The van der Waals surface area contributed by atoms with Crippen LogP contribution in [-0.4, -0.2) is 43.7 Å². The van der Waals surface area contributed by atoms with Crippen molar-refractivity contribution in [3.8, 4) is 0 Å². The van der Waals surface area contributed by atoms with E-state index < -0.39 is 0 Å². The Balaban J connectivity index is 1.87. The number of hydrogen-bond donors (Lipinski definition) is 2. The fourth-order valence-electron chi connectivity index (χ4n) is 1.77. The number of H-pyrrole nitrogens is 1. The van der Waals surface area contributed by atoms with Gasteiger partial charge in [-0.25, -0.2) is 0 Å². The number of anilines is 1. The average molecular weight is 223 g/mol. The van der Waals surface area contributed by atoms with Crippen molar-refractivity contribution in [1.82, 2.24) is 10.3 Å². The van der Waals surface area contributed by atoms with Gasteiger partial charge in [0.2, 0.25) is 5.91 Å². The molecule has 5 heteroatoms. The van der Waals surface area contributed by atoms with Gasteiger partial charge in [-0.3, -0.25) is 4.79 Å². The summed E-state index contributed by atoms with van der Waals surface area (Å²) in [4.78, 5) is 16.5. The molecule has 0 aliphatic carbocycles. The lowest BCUT2D eigenvalue weighted by Crippen LogP contribution is -2.44. The van der Waals surface area contributed by atoms with E-state index in [4.69, 9.17) is 4.74 Å². The van der Waals surface area contributed by atoms with Crippen molar-refractivity contribution in [2.24, 2.45) is 0 Å². The molecule has 2 N–H and O–H groups in total. The number of nitrogens with zero attached hydrogens (tertiary/aromatic N) is 1. The van der Waals surface area contributed by atoms with E-state index >= 15 is 0 Å². The minimum absolute atomic E-state index is 0.0996. The summed E-state index contributed by atoms with van der Waals surface area (Å²) < 4.78 is 5.31. The molecule has 0 bridgehead atoms. The van der Waals surface area contributed by atoms with Gasteiger partial charge >= 0.3 is 0 Å². The normalized spacial score (nSPS) is 20.7. The van der Waals surface area contributed by atoms with E-state index in [-0.39, 0.29) is 11.9 Å². The molecule has 1 aromatic rings. The molecule has 5 nitrogen and oxygen atoms in total. The van der Waals surface area contributed by atoms with Gasteiger partial charge in [0.15, 0.2) is 0 Å². The monoisotopic (exact) mass is 223 g/mol. The van der Waals surface area contributed by atoms with Crippen LogP contribution < -0.4 is 10.2 Å². The molecular weight excluding hydrogens is 206 g/mol. The van der Waals surface area contributed by atoms with Crippen molar-refractivity contribution in [3.05, 3.63) is 18.5 Å². The fraction of sp³-hybridized carbons (Fsp3) is 0.545. The number of carbonyl (C=O) groups is 1. The lowest BCUT2D eigenvalue weighted by atomic mass is 10.2. The van der Waals surface area contributed by atoms with Gasteiger partial charge in [0.1, 0.15) is 0 Å². The van der Waals surface area contributed by atoms with Crippen LogP contribution in [0.5, 0.6) is 0 Å². The Hall–Kier alpha value is -1.33. The molecule has 1 fully saturated rings. The number of rotatable bonds is 3. The Labute approximate surface area is 94.8 Å². The number of hydrogen-bond acceptors (Lipinski definition) is 3. The molecule has 0 saturated carbocycles. The molecule has 1 aliphatic rings. The predicted molar refractivity (Wildman–Crippen MR) is 61.4 cm³/mol. The van der Waals surface area contributed by atoms with E-state index in [0.29, 0.717) is 13.0 Å². The molecule has 2 heterocycles. The molecule has 1 unspecified atom stereocenters. The van der Waals surface area contributed by atoms with Gasteiger partial charge in [0.05, 0.1) is 18.9 Å². The molecule has 1 saturated heterocycles. The van der Waals surface area contributed by atoms with Crippen molar-refractivity contribution in [1.29, 1.82) is 0 Å². The van der Waals surface area contributed by atoms with Gasteiger partial charge in [0.25, 0.3) is 0 Å². The minimum atomic E-state index is 0.0996. The summed E-state index contributed by atoms with van der Waals surface area (Å²) >= 11 is 0. The smallest absolute Gasteiger partial charge is 0.228 e. The maximum absolute atomic E-state index is 11.9. The predicted octanol–water partition coefficient (Wildman–Crippen LogP) is 0.356. The number of aromatic nitrogens is 1. The summed E-state index contributed by atoms with van der Waals surface area (Å²) in [7, 11) is 1.79. The highest BCUT2D eigenvalue weighted by atomic mass is 16.5. The van der Waals surface area contributed by atoms with E-state index in [1.807, 2.05) is 12.3 Å². The molecule has 1 aromatic heterocycles. The van der Waals surface area contributed by atoms with Gasteiger partial charge in [-0.1, -0.05) is 0 Å². The second-order valence-corrected chi connectivity index (χ2v) is 3.95. The Kier molecular flexibility index (Phi) is 3.58. The summed E-state index contributed by atoms with van der Waals surface area (Å²) in [6, 6.07) is 2.02. The maximum atomic E-state index is 11.9. The second kappa shape index (κ2) is 5.14. The van der Waals surface area contributed by atoms with E-state index in [0.717, 1.165) is 18.8 Å². The molecule has 1 atom stereocenters. The molecule has 16 heavy (non-hydrogen) atoms. The zero-order chi connectivity index (χ0) is 11.4. The molecule has 1 amide bonds. The summed E-state index contributed by atoms with van der Waals surface area (Å²) in [5, 5.41) is 3.27. The van der Waals surface area contributed by atoms with Crippen LogP contribution >= 0.6 is 0 Å².